The number of carboxylic acids is 1. The Morgan fingerprint density at radius 1 is 1.04 bits per heavy atom. The minimum Gasteiger partial charge on any atom is -0.477 e. The van der Waals surface area contributed by atoms with Crippen molar-refractivity contribution in [3.8, 4) is 0 Å². The summed E-state index contributed by atoms with van der Waals surface area (Å²) < 4.78 is 5.94. The van der Waals surface area contributed by atoms with Gasteiger partial charge in [-0.25, -0.2) is 9.78 Å². The number of ether oxygens (including phenoxy) is 1. The van der Waals surface area contributed by atoms with Crippen LogP contribution in [0, 0.1) is 0 Å². The smallest absolute Gasteiger partial charge is 0.354 e. The van der Waals surface area contributed by atoms with Crippen molar-refractivity contribution in [2.24, 2.45) is 0 Å². The molecule has 1 amide bonds. The highest BCUT2D eigenvalue weighted by Gasteiger charge is 2.25. The number of rotatable bonds is 6. The Morgan fingerprint density at radius 2 is 1.73 bits per heavy atom. The molecule has 26 heavy (non-hydrogen) atoms. The molecule has 136 valence electrons. The fraction of sp³-hybridized carbons (Fsp3) is 0.350. The van der Waals surface area contributed by atoms with Gasteiger partial charge in [0.1, 0.15) is 11.4 Å². The lowest BCUT2D eigenvalue weighted by molar-refractivity contribution is 0.00988. The number of amides is 1. The molecule has 1 N–H and O–H groups in total. The third-order valence-corrected chi connectivity index (χ3v) is 4.50. The van der Waals surface area contributed by atoms with E-state index in [9.17, 15) is 9.59 Å². The van der Waals surface area contributed by atoms with Gasteiger partial charge < -0.3 is 14.7 Å². The molecular formula is C20H22N2O4. The number of carbonyl (C=O) groups is 2. The van der Waals surface area contributed by atoms with Crippen molar-refractivity contribution in [2.75, 3.05) is 19.7 Å². The van der Waals surface area contributed by atoms with E-state index in [0.717, 1.165) is 19.3 Å². The summed E-state index contributed by atoms with van der Waals surface area (Å²) in [6.07, 6.45) is 2.59. The van der Waals surface area contributed by atoms with E-state index in [1.807, 2.05) is 18.2 Å². The van der Waals surface area contributed by atoms with Crippen molar-refractivity contribution in [3.63, 3.8) is 0 Å². The molecule has 0 radical (unpaired) electrons. The first-order valence-corrected chi connectivity index (χ1v) is 8.78. The van der Waals surface area contributed by atoms with Crippen LogP contribution in [-0.4, -0.2) is 52.7 Å². The van der Waals surface area contributed by atoms with Crippen molar-refractivity contribution in [2.45, 2.75) is 25.4 Å². The molecule has 1 aliphatic heterocycles. The van der Waals surface area contributed by atoms with Crippen molar-refractivity contribution in [3.05, 3.63) is 65.5 Å². The highest BCUT2D eigenvalue weighted by molar-refractivity contribution is 5.94. The van der Waals surface area contributed by atoms with Crippen LogP contribution >= 0.6 is 0 Å². The number of hydrogen-bond donors (Lipinski definition) is 1. The normalized spacial score (nSPS) is 15.0. The lowest BCUT2D eigenvalue weighted by Gasteiger charge is -2.31. The van der Waals surface area contributed by atoms with Crippen LogP contribution in [-0.2, 0) is 11.2 Å². The number of carbonyl (C=O) groups excluding carboxylic acids is 1. The van der Waals surface area contributed by atoms with Crippen LogP contribution in [0.3, 0.4) is 0 Å². The summed E-state index contributed by atoms with van der Waals surface area (Å²) in [6.45, 7) is 1.85. The van der Waals surface area contributed by atoms with Crippen LogP contribution < -0.4 is 0 Å². The zero-order valence-corrected chi connectivity index (χ0v) is 14.5. The minimum atomic E-state index is -1.13. The van der Waals surface area contributed by atoms with E-state index in [1.165, 1.54) is 11.6 Å². The fourth-order valence-corrected chi connectivity index (χ4v) is 3.05. The quantitative estimate of drug-likeness (QED) is 0.863. The molecule has 1 saturated heterocycles. The molecule has 1 fully saturated rings. The first-order chi connectivity index (χ1) is 12.6. The van der Waals surface area contributed by atoms with Crippen LogP contribution in [0.2, 0.25) is 0 Å². The standard InChI is InChI=1S/C20H22N2O4/c23-19(17-7-4-8-18(21-17)20(24)25)22-12-9-16(10-13-22)26-14-11-15-5-2-1-3-6-15/h1-8,16H,9-14H2,(H,24,25). The van der Waals surface area contributed by atoms with Gasteiger partial charge in [0.2, 0.25) is 0 Å². The Morgan fingerprint density at radius 3 is 2.42 bits per heavy atom. The molecule has 0 spiro atoms. The third kappa shape index (κ3) is 4.67. The van der Waals surface area contributed by atoms with Gasteiger partial charge in [0.25, 0.3) is 5.91 Å². The first-order valence-electron chi connectivity index (χ1n) is 8.78. The predicted molar refractivity (Wildman–Crippen MR) is 96.2 cm³/mol. The van der Waals surface area contributed by atoms with Crippen LogP contribution in [0.15, 0.2) is 48.5 Å². The average molecular weight is 354 g/mol. The minimum absolute atomic E-state index is 0.116. The number of carboxylic acid groups (broad SMARTS) is 1. The lowest BCUT2D eigenvalue weighted by Crippen LogP contribution is -2.41. The summed E-state index contributed by atoms with van der Waals surface area (Å²) in [7, 11) is 0. The number of piperidine rings is 1. The van der Waals surface area contributed by atoms with Gasteiger partial charge in [0.15, 0.2) is 0 Å². The summed E-state index contributed by atoms with van der Waals surface area (Å²) in [5.41, 5.74) is 1.31. The molecule has 2 aromatic rings. The Balaban J connectivity index is 1.46. The molecule has 1 aliphatic rings. The van der Waals surface area contributed by atoms with Gasteiger partial charge >= 0.3 is 5.97 Å². The molecule has 1 aromatic carbocycles. The van der Waals surface area contributed by atoms with E-state index in [0.29, 0.717) is 19.7 Å². The van der Waals surface area contributed by atoms with E-state index >= 15 is 0 Å². The maximum atomic E-state index is 12.5. The monoisotopic (exact) mass is 354 g/mol. The van der Waals surface area contributed by atoms with Crippen molar-refractivity contribution in [1.29, 1.82) is 0 Å². The molecule has 2 heterocycles. The van der Waals surface area contributed by atoms with E-state index in [1.54, 1.807) is 17.0 Å². The fourth-order valence-electron chi connectivity index (χ4n) is 3.05. The van der Waals surface area contributed by atoms with Crippen molar-refractivity contribution in [1.82, 2.24) is 9.88 Å². The second-order valence-electron chi connectivity index (χ2n) is 6.31. The second-order valence-corrected chi connectivity index (χ2v) is 6.31. The van der Waals surface area contributed by atoms with E-state index in [-0.39, 0.29) is 23.4 Å². The highest BCUT2D eigenvalue weighted by atomic mass is 16.5. The summed E-state index contributed by atoms with van der Waals surface area (Å²) in [4.78, 5) is 29.1. The Bertz CT molecular complexity index is 755. The largest absolute Gasteiger partial charge is 0.477 e. The molecule has 1 aromatic heterocycles. The molecule has 6 nitrogen and oxygen atoms in total. The highest BCUT2D eigenvalue weighted by Crippen LogP contribution is 2.16. The third-order valence-electron chi connectivity index (χ3n) is 4.50. The van der Waals surface area contributed by atoms with Gasteiger partial charge in [-0.3, -0.25) is 4.79 Å². The number of benzene rings is 1. The van der Waals surface area contributed by atoms with Crippen molar-refractivity contribution >= 4 is 11.9 Å². The molecule has 0 aliphatic carbocycles. The number of aromatic nitrogens is 1. The van der Waals surface area contributed by atoms with Gasteiger partial charge in [-0.15, -0.1) is 0 Å². The lowest BCUT2D eigenvalue weighted by atomic mass is 10.1. The van der Waals surface area contributed by atoms with Crippen LogP contribution in [0.5, 0.6) is 0 Å². The van der Waals surface area contributed by atoms with E-state index < -0.39 is 5.97 Å². The van der Waals surface area contributed by atoms with Gasteiger partial charge in [-0.05, 0) is 37.0 Å². The molecule has 0 atom stereocenters. The van der Waals surface area contributed by atoms with Gasteiger partial charge in [0, 0.05) is 13.1 Å². The molecule has 3 rings (SSSR count). The number of pyridine rings is 1. The molecule has 0 unspecified atom stereocenters. The summed E-state index contributed by atoms with van der Waals surface area (Å²) in [5, 5.41) is 9.00. The summed E-state index contributed by atoms with van der Waals surface area (Å²) >= 11 is 0. The topological polar surface area (TPSA) is 79.7 Å². The number of likely N-dealkylation sites (tertiary alicyclic amines) is 1. The number of aromatic carboxylic acids is 1. The SMILES string of the molecule is O=C(O)c1cccc(C(=O)N2CCC(OCCc3ccccc3)CC2)n1. The molecule has 0 saturated carbocycles. The Labute approximate surface area is 152 Å². The molecule has 6 heteroatoms. The van der Waals surface area contributed by atoms with Crippen molar-refractivity contribution < 1.29 is 19.4 Å². The maximum Gasteiger partial charge on any atom is 0.354 e. The molecule has 0 bridgehead atoms. The number of nitrogens with zero attached hydrogens (tertiary/aromatic N) is 2. The van der Waals surface area contributed by atoms with E-state index in [2.05, 4.69) is 17.1 Å². The van der Waals surface area contributed by atoms with Crippen LogP contribution in [0.25, 0.3) is 0 Å². The first kappa shape index (κ1) is 18.1. The zero-order chi connectivity index (χ0) is 18.4. The Kier molecular flexibility index (Phi) is 5.96. The van der Waals surface area contributed by atoms with E-state index in [4.69, 9.17) is 9.84 Å². The summed E-state index contributed by atoms with van der Waals surface area (Å²) in [6, 6.07) is 14.7. The maximum absolute atomic E-state index is 12.5. The van der Waals surface area contributed by atoms with Gasteiger partial charge in [-0.2, -0.15) is 0 Å². The average Bonchev–Trinajstić information content (AvgIpc) is 2.69. The van der Waals surface area contributed by atoms with Gasteiger partial charge in [0.05, 0.1) is 12.7 Å². The van der Waals surface area contributed by atoms with Crippen LogP contribution in [0.4, 0.5) is 0 Å². The van der Waals surface area contributed by atoms with Crippen LogP contribution in [0.1, 0.15) is 39.4 Å². The summed E-state index contributed by atoms with van der Waals surface area (Å²) in [5.74, 6) is -1.36. The number of hydrogen-bond acceptors (Lipinski definition) is 4. The molecular weight excluding hydrogens is 332 g/mol. The Hall–Kier alpha value is -2.73. The zero-order valence-electron chi connectivity index (χ0n) is 14.5. The predicted octanol–water partition coefficient (Wildman–Crippen LogP) is 2.64. The van der Waals surface area contributed by atoms with Gasteiger partial charge in [-0.1, -0.05) is 36.4 Å². The second kappa shape index (κ2) is 8.58.